The first-order valence-corrected chi connectivity index (χ1v) is 13.2. The quantitative estimate of drug-likeness (QED) is 0.258. The summed E-state index contributed by atoms with van der Waals surface area (Å²) >= 11 is 7.90. The molecule has 5 saturated carbocycles. The number of hydrogen-bond acceptors (Lipinski definition) is 1. The lowest BCUT2D eigenvalue weighted by Gasteiger charge is -2.70. The van der Waals surface area contributed by atoms with Crippen LogP contribution >= 0.6 is 35.2 Å². The van der Waals surface area contributed by atoms with Gasteiger partial charge in [0.25, 0.3) is 0 Å². The highest BCUT2D eigenvalue weighted by Gasteiger charge is 2.82. The van der Waals surface area contributed by atoms with Gasteiger partial charge in [0.1, 0.15) is 0 Å². The predicted octanol–water partition coefficient (Wildman–Crippen LogP) is 6.87. The van der Waals surface area contributed by atoms with Crippen molar-refractivity contribution < 1.29 is 0 Å². The lowest BCUT2D eigenvalue weighted by atomic mass is 9.35. The van der Waals surface area contributed by atoms with E-state index in [0.717, 1.165) is 41.3 Å². The number of fused-ring (bicyclic) bond motifs is 4. The van der Waals surface area contributed by atoms with Crippen LogP contribution in [-0.4, -0.2) is 10.2 Å². The van der Waals surface area contributed by atoms with Gasteiger partial charge in [-0.25, -0.2) is 0 Å². The Bertz CT molecular complexity index is 591. The molecule has 4 bridgehead atoms. The summed E-state index contributed by atoms with van der Waals surface area (Å²) in [5, 5.41) is 0. The van der Waals surface area contributed by atoms with Crippen LogP contribution in [0.5, 0.6) is 0 Å². The van der Waals surface area contributed by atoms with Crippen LogP contribution in [0.1, 0.15) is 72.6 Å². The second-order valence-electron chi connectivity index (χ2n) is 11.3. The summed E-state index contributed by atoms with van der Waals surface area (Å²) in [5.41, 5.74) is 2.38. The van der Waals surface area contributed by atoms with Gasteiger partial charge >= 0.3 is 0 Å². The van der Waals surface area contributed by atoms with E-state index in [1.165, 1.54) is 43.0 Å². The SMILES string of the molecule is CCC1CC2(CI)CC3(C)C4CC2(CS)C(CC)CC4CC2C1C23C. The molecule has 0 saturated heterocycles. The summed E-state index contributed by atoms with van der Waals surface area (Å²) in [6.07, 6.45) is 10.5. The Balaban J connectivity index is 1.74. The van der Waals surface area contributed by atoms with Crippen molar-refractivity contribution in [1.82, 2.24) is 0 Å². The van der Waals surface area contributed by atoms with Crippen LogP contribution in [0.25, 0.3) is 0 Å². The molecule has 10 atom stereocenters. The van der Waals surface area contributed by atoms with Crippen LogP contribution in [0.3, 0.4) is 0 Å². The molecule has 0 nitrogen and oxygen atoms in total. The molecule has 0 aromatic rings. The molecule has 5 aliphatic carbocycles. The minimum absolute atomic E-state index is 0.528. The van der Waals surface area contributed by atoms with Gasteiger partial charge in [0.15, 0.2) is 0 Å². The van der Waals surface area contributed by atoms with Crippen molar-refractivity contribution in [2.24, 2.45) is 57.2 Å². The minimum atomic E-state index is 0.528. The summed E-state index contributed by atoms with van der Waals surface area (Å²) in [6.45, 7) is 10.5. The smallest absolute Gasteiger partial charge is 0.00580 e. The third-order valence-corrected chi connectivity index (χ3v) is 13.4. The highest BCUT2D eigenvalue weighted by atomic mass is 127. The van der Waals surface area contributed by atoms with Gasteiger partial charge in [0.2, 0.25) is 0 Å². The first-order valence-electron chi connectivity index (χ1n) is 11.0. The van der Waals surface area contributed by atoms with Crippen molar-refractivity contribution in [2.75, 3.05) is 10.2 Å². The number of thiol groups is 1. The lowest BCUT2D eigenvalue weighted by molar-refractivity contribution is -0.201. The molecule has 0 aromatic heterocycles. The average Bonchev–Trinajstić information content (AvgIpc) is 3.26. The molecular formula is C23H37IS. The van der Waals surface area contributed by atoms with E-state index in [4.69, 9.17) is 12.6 Å². The van der Waals surface area contributed by atoms with E-state index in [1.54, 1.807) is 6.42 Å². The Labute approximate surface area is 174 Å². The molecule has 0 spiro atoms. The molecule has 0 amide bonds. The molecule has 10 unspecified atom stereocenters. The zero-order valence-electron chi connectivity index (χ0n) is 16.7. The van der Waals surface area contributed by atoms with E-state index < -0.39 is 0 Å². The van der Waals surface area contributed by atoms with Crippen molar-refractivity contribution in [3.05, 3.63) is 0 Å². The second-order valence-corrected chi connectivity index (χ2v) is 12.3. The van der Waals surface area contributed by atoms with Gasteiger partial charge in [-0.3, -0.25) is 0 Å². The summed E-state index contributed by atoms with van der Waals surface area (Å²) in [7, 11) is 0. The molecule has 0 N–H and O–H groups in total. The number of alkyl halides is 1. The molecule has 0 aliphatic heterocycles. The van der Waals surface area contributed by atoms with Gasteiger partial charge in [0, 0.05) is 4.43 Å². The van der Waals surface area contributed by atoms with Crippen molar-refractivity contribution >= 4 is 35.2 Å². The Morgan fingerprint density at radius 3 is 2.40 bits per heavy atom. The summed E-state index contributed by atoms with van der Waals surface area (Å²) in [5.74, 6) is 7.22. The Hall–Kier alpha value is 1.08. The number of hydrogen-bond donors (Lipinski definition) is 1. The highest BCUT2D eigenvalue weighted by Crippen LogP contribution is 2.88. The molecule has 0 heterocycles. The summed E-state index contributed by atoms with van der Waals surface area (Å²) in [4.78, 5) is 0. The molecule has 5 rings (SSSR count). The zero-order chi connectivity index (χ0) is 17.8. The van der Waals surface area contributed by atoms with Gasteiger partial charge in [-0.1, -0.05) is 63.1 Å². The predicted molar refractivity (Wildman–Crippen MR) is 118 cm³/mol. The van der Waals surface area contributed by atoms with Crippen molar-refractivity contribution in [3.8, 4) is 0 Å². The van der Waals surface area contributed by atoms with Crippen molar-refractivity contribution in [2.45, 2.75) is 72.6 Å². The molecule has 25 heavy (non-hydrogen) atoms. The van der Waals surface area contributed by atoms with Crippen molar-refractivity contribution in [3.63, 3.8) is 0 Å². The van der Waals surface area contributed by atoms with E-state index in [2.05, 4.69) is 50.3 Å². The van der Waals surface area contributed by atoms with Crippen LogP contribution in [-0.2, 0) is 0 Å². The average molecular weight is 473 g/mol. The minimum Gasteiger partial charge on any atom is -0.179 e. The maximum atomic E-state index is 5.11. The second kappa shape index (κ2) is 5.36. The third kappa shape index (κ3) is 1.76. The van der Waals surface area contributed by atoms with E-state index >= 15 is 0 Å². The van der Waals surface area contributed by atoms with Crippen LogP contribution in [0.4, 0.5) is 0 Å². The normalized spacial score (nSPS) is 64.1. The standard InChI is InChI=1S/C23H37IS/c1-5-14-9-22(12-24)11-20(3)18-10-23(22,13-25)16(6-2)7-15(18)8-17-19(14)21(17,20)4/h14-19,25H,5-13H2,1-4H3. The molecule has 0 radical (unpaired) electrons. The highest BCUT2D eigenvalue weighted by molar-refractivity contribution is 14.1. The van der Waals surface area contributed by atoms with Gasteiger partial charge in [-0.15, -0.1) is 0 Å². The maximum Gasteiger partial charge on any atom is 0.00580 e. The number of halogens is 1. The Morgan fingerprint density at radius 2 is 1.80 bits per heavy atom. The van der Waals surface area contributed by atoms with Gasteiger partial charge in [-0.05, 0) is 95.0 Å². The monoisotopic (exact) mass is 472 g/mol. The zero-order valence-corrected chi connectivity index (χ0v) is 19.7. The van der Waals surface area contributed by atoms with Gasteiger partial charge < -0.3 is 0 Å². The Morgan fingerprint density at radius 1 is 1.04 bits per heavy atom. The fourth-order valence-electron chi connectivity index (χ4n) is 10.2. The molecule has 142 valence electrons. The molecule has 5 aliphatic rings. The lowest BCUT2D eigenvalue weighted by Crippen LogP contribution is -2.65. The topological polar surface area (TPSA) is 0 Å². The van der Waals surface area contributed by atoms with Crippen LogP contribution < -0.4 is 0 Å². The van der Waals surface area contributed by atoms with E-state index in [0.29, 0.717) is 21.7 Å². The van der Waals surface area contributed by atoms with Crippen molar-refractivity contribution in [1.29, 1.82) is 0 Å². The van der Waals surface area contributed by atoms with Gasteiger partial charge in [0.05, 0.1) is 0 Å². The largest absolute Gasteiger partial charge is 0.179 e. The molecular weight excluding hydrogens is 435 g/mol. The summed E-state index contributed by atoms with van der Waals surface area (Å²) < 4.78 is 1.37. The maximum absolute atomic E-state index is 5.11. The summed E-state index contributed by atoms with van der Waals surface area (Å²) in [6, 6.07) is 0. The fraction of sp³-hybridized carbons (Fsp3) is 1.00. The van der Waals surface area contributed by atoms with E-state index in [-0.39, 0.29) is 0 Å². The molecule has 2 heteroatoms. The van der Waals surface area contributed by atoms with E-state index in [9.17, 15) is 0 Å². The van der Waals surface area contributed by atoms with Crippen LogP contribution in [0.2, 0.25) is 0 Å². The third-order valence-electron chi connectivity index (χ3n) is 11.4. The first-order chi connectivity index (χ1) is 11.9. The van der Waals surface area contributed by atoms with Gasteiger partial charge in [-0.2, -0.15) is 12.6 Å². The first kappa shape index (κ1) is 18.1. The fourth-order valence-corrected chi connectivity index (χ4v) is 12.2. The Kier molecular flexibility index (Phi) is 3.89. The van der Waals surface area contributed by atoms with Crippen LogP contribution in [0, 0.1) is 57.2 Å². The van der Waals surface area contributed by atoms with E-state index in [1.807, 2.05) is 0 Å². The number of rotatable bonds is 4. The molecule has 5 fully saturated rings. The molecule has 0 aromatic carbocycles. The van der Waals surface area contributed by atoms with Crippen LogP contribution in [0.15, 0.2) is 0 Å².